The van der Waals surface area contributed by atoms with E-state index in [0.29, 0.717) is 13.0 Å². The van der Waals surface area contributed by atoms with Crippen LogP contribution >= 0.6 is 7.82 Å². The van der Waals surface area contributed by atoms with Gasteiger partial charge in [0, 0.05) is 13.0 Å². The minimum absolute atomic E-state index is 0.00895. The van der Waals surface area contributed by atoms with Crippen LogP contribution in [0.2, 0.25) is 0 Å². The zero-order chi connectivity index (χ0) is 45.5. The molecule has 0 aliphatic heterocycles. The summed E-state index contributed by atoms with van der Waals surface area (Å²) in [6.07, 6.45) is 55.9. The summed E-state index contributed by atoms with van der Waals surface area (Å²) in [6.45, 7) is 3.85. The third-order valence-electron chi connectivity index (χ3n) is 10.8. The van der Waals surface area contributed by atoms with Gasteiger partial charge in [-0.05, 0) is 77.0 Å². The van der Waals surface area contributed by atoms with Crippen LogP contribution in [0.3, 0.4) is 0 Å². The van der Waals surface area contributed by atoms with Crippen LogP contribution in [0.15, 0.2) is 48.6 Å². The van der Waals surface area contributed by atoms with E-state index in [1.807, 2.05) is 0 Å². The molecule has 0 saturated heterocycles. The van der Waals surface area contributed by atoms with Gasteiger partial charge in [0.1, 0.15) is 12.1 Å². The number of ether oxygens (including phenoxy) is 2. The van der Waals surface area contributed by atoms with Gasteiger partial charge in [-0.1, -0.05) is 191 Å². The highest BCUT2D eigenvalue weighted by atomic mass is 31.2. The van der Waals surface area contributed by atoms with Crippen LogP contribution in [0.4, 0.5) is 0 Å². The molecule has 0 aliphatic carbocycles. The third-order valence-corrected chi connectivity index (χ3v) is 11.8. The van der Waals surface area contributed by atoms with Crippen LogP contribution in [-0.2, 0) is 32.7 Å². The van der Waals surface area contributed by atoms with Crippen LogP contribution in [0.25, 0.3) is 0 Å². The Balaban J connectivity index is 4.16. The van der Waals surface area contributed by atoms with Gasteiger partial charge in [0.2, 0.25) is 0 Å². The predicted molar refractivity (Wildman–Crippen MR) is 258 cm³/mol. The highest BCUT2D eigenvalue weighted by Crippen LogP contribution is 2.43. The lowest BCUT2D eigenvalue weighted by Gasteiger charge is -2.20. The van der Waals surface area contributed by atoms with Crippen molar-refractivity contribution in [2.45, 2.75) is 238 Å². The molecule has 3 unspecified atom stereocenters. The van der Waals surface area contributed by atoms with Crippen LogP contribution in [-0.4, -0.2) is 60.5 Å². The summed E-state index contributed by atoms with van der Waals surface area (Å²) in [6, 6.07) is -1.48. The van der Waals surface area contributed by atoms with Crippen molar-refractivity contribution < 1.29 is 42.7 Å². The maximum absolute atomic E-state index is 12.7. The molecule has 0 saturated carbocycles. The Bertz CT molecular complexity index is 1170. The Hall–Kier alpha value is -2.07. The lowest BCUT2D eigenvalue weighted by molar-refractivity contribution is -0.154. The van der Waals surface area contributed by atoms with Crippen molar-refractivity contribution >= 4 is 19.8 Å². The van der Waals surface area contributed by atoms with Crippen molar-refractivity contribution in [2.24, 2.45) is 5.73 Å². The molecule has 0 aromatic heterocycles. The topological polar surface area (TPSA) is 155 Å². The van der Waals surface area contributed by atoms with Crippen LogP contribution < -0.4 is 5.73 Å². The fraction of sp³-hybridized carbons (Fsp3) is 0.804. The highest BCUT2D eigenvalue weighted by molar-refractivity contribution is 7.47. The van der Waals surface area contributed by atoms with Crippen molar-refractivity contribution in [2.75, 3.05) is 26.4 Å². The number of hydrogen-bond acceptors (Lipinski definition) is 8. The third kappa shape index (κ3) is 45.9. The fourth-order valence-corrected chi connectivity index (χ4v) is 7.68. The van der Waals surface area contributed by atoms with Gasteiger partial charge in [0.25, 0.3) is 0 Å². The van der Waals surface area contributed by atoms with E-state index >= 15 is 0 Å². The molecular weight excluding hydrogens is 802 g/mol. The number of hydrogen-bond donors (Lipinski definition) is 3. The van der Waals surface area contributed by atoms with Gasteiger partial charge in [-0.3, -0.25) is 18.6 Å². The molecule has 0 aliphatic rings. The Kier molecular flexibility index (Phi) is 45.3. The fourth-order valence-electron chi connectivity index (χ4n) is 6.90. The highest BCUT2D eigenvalue weighted by Gasteiger charge is 2.27. The van der Waals surface area contributed by atoms with Crippen molar-refractivity contribution in [3.63, 3.8) is 0 Å². The van der Waals surface area contributed by atoms with E-state index in [1.54, 1.807) is 0 Å². The Morgan fingerprint density at radius 3 is 1.32 bits per heavy atom. The first-order valence-corrected chi connectivity index (χ1v) is 26.7. The number of unbranched alkanes of at least 4 members (excludes halogenated alkanes) is 26. The summed E-state index contributed by atoms with van der Waals surface area (Å²) in [7, 11) is -4.63. The molecular formula is C51H94NO9P. The summed E-state index contributed by atoms with van der Waals surface area (Å²) in [4.78, 5) is 33.7. The molecule has 0 bridgehead atoms. The van der Waals surface area contributed by atoms with E-state index in [9.17, 15) is 19.0 Å². The normalized spacial score (nSPS) is 14.1. The number of carboxylic acid groups (broad SMARTS) is 1. The van der Waals surface area contributed by atoms with Crippen molar-refractivity contribution in [1.29, 1.82) is 0 Å². The monoisotopic (exact) mass is 896 g/mol. The molecule has 62 heavy (non-hydrogen) atoms. The smallest absolute Gasteiger partial charge is 0.472 e. The van der Waals surface area contributed by atoms with Crippen LogP contribution in [0, 0.1) is 0 Å². The SMILES string of the molecule is CCCCCC/C=C\C/C=C\CCCCCCCCOCC(COP(=O)(O)OCC(N)C(=O)O)OC(=O)CCCCCCCCCCCCC/C=C\C/C=C\CCCCCCC. The van der Waals surface area contributed by atoms with Gasteiger partial charge in [-0.25, -0.2) is 4.57 Å². The van der Waals surface area contributed by atoms with Crippen molar-refractivity contribution in [3.8, 4) is 0 Å². The minimum atomic E-state index is -4.63. The Morgan fingerprint density at radius 1 is 0.516 bits per heavy atom. The summed E-state index contributed by atoms with van der Waals surface area (Å²) in [5.74, 6) is -1.78. The number of esters is 1. The Labute approximate surface area is 379 Å². The molecule has 11 heteroatoms. The first-order chi connectivity index (χ1) is 30.2. The summed E-state index contributed by atoms with van der Waals surface area (Å²) in [5, 5.41) is 8.92. The van der Waals surface area contributed by atoms with Gasteiger partial charge in [0.15, 0.2) is 0 Å². The molecule has 0 rings (SSSR count). The molecule has 0 heterocycles. The van der Waals surface area contributed by atoms with Crippen LogP contribution in [0.1, 0.15) is 226 Å². The maximum Gasteiger partial charge on any atom is 0.472 e. The standard InChI is InChI=1S/C51H94NO9P/c1-3-5-7-9-11-13-15-17-19-21-22-23-24-25-26-27-29-31-33-35-37-39-41-43-50(53)61-48(46-59-62(56,57)60-47-49(52)51(54)55)45-58-44-42-40-38-36-34-32-30-28-20-18-16-14-12-10-8-6-4-2/h14-17,20-22,28,48-49H,3-13,18-19,23-27,29-47,52H2,1-2H3,(H,54,55)(H,56,57)/b16-14-,17-15-,22-21-,28-20-. The molecule has 0 radical (unpaired) electrons. The first kappa shape index (κ1) is 59.9. The van der Waals surface area contributed by atoms with E-state index in [0.717, 1.165) is 57.8 Å². The number of allylic oxidation sites excluding steroid dienone is 8. The molecule has 4 N–H and O–H groups in total. The molecule has 0 aromatic rings. The number of nitrogens with two attached hydrogens (primary N) is 1. The van der Waals surface area contributed by atoms with Crippen LogP contribution in [0.5, 0.6) is 0 Å². The van der Waals surface area contributed by atoms with E-state index in [2.05, 4.69) is 62.5 Å². The quantitative estimate of drug-likeness (QED) is 0.0233. The molecule has 3 atom stereocenters. The van der Waals surface area contributed by atoms with E-state index < -0.39 is 45.1 Å². The number of phosphoric acid groups is 1. The second kappa shape index (κ2) is 46.9. The first-order valence-electron chi connectivity index (χ1n) is 25.2. The zero-order valence-electron chi connectivity index (χ0n) is 39.7. The van der Waals surface area contributed by atoms with Gasteiger partial charge in [-0.2, -0.15) is 0 Å². The minimum Gasteiger partial charge on any atom is -0.480 e. The molecule has 362 valence electrons. The van der Waals surface area contributed by atoms with Gasteiger partial charge < -0.3 is 25.2 Å². The molecule has 10 nitrogen and oxygen atoms in total. The van der Waals surface area contributed by atoms with Gasteiger partial charge in [0.05, 0.1) is 19.8 Å². The van der Waals surface area contributed by atoms with E-state index in [1.165, 1.54) is 141 Å². The summed E-state index contributed by atoms with van der Waals surface area (Å²) in [5.41, 5.74) is 5.37. The van der Waals surface area contributed by atoms with Crippen molar-refractivity contribution in [1.82, 2.24) is 0 Å². The van der Waals surface area contributed by atoms with E-state index in [4.69, 9.17) is 29.4 Å². The second-order valence-electron chi connectivity index (χ2n) is 16.9. The Morgan fingerprint density at radius 2 is 0.887 bits per heavy atom. The van der Waals surface area contributed by atoms with E-state index in [-0.39, 0.29) is 13.0 Å². The maximum atomic E-state index is 12.7. The molecule has 0 fully saturated rings. The summed E-state index contributed by atoms with van der Waals surface area (Å²) < 4.78 is 33.5. The number of rotatable bonds is 48. The number of carboxylic acids is 1. The number of carbonyl (C=O) groups is 2. The number of phosphoric ester groups is 1. The molecule has 0 spiro atoms. The predicted octanol–water partition coefficient (Wildman–Crippen LogP) is 14.6. The largest absolute Gasteiger partial charge is 0.480 e. The number of carbonyl (C=O) groups excluding carboxylic acids is 1. The second-order valence-corrected chi connectivity index (χ2v) is 18.4. The van der Waals surface area contributed by atoms with Crippen molar-refractivity contribution in [3.05, 3.63) is 48.6 Å². The number of aliphatic carboxylic acids is 1. The lowest BCUT2D eigenvalue weighted by Crippen LogP contribution is -2.34. The average molecular weight is 896 g/mol. The molecule has 0 aromatic carbocycles. The lowest BCUT2D eigenvalue weighted by atomic mass is 10.0. The molecule has 0 amide bonds. The van der Waals surface area contributed by atoms with Gasteiger partial charge >= 0.3 is 19.8 Å². The summed E-state index contributed by atoms with van der Waals surface area (Å²) >= 11 is 0. The average Bonchev–Trinajstić information content (AvgIpc) is 3.25. The zero-order valence-corrected chi connectivity index (χ0v) is 40.6. The van der Waals surface area contributed by atoms with Gasteiger partial charge in [-0.15, -0.1) is 0 Å².